The van der Waals surface area contributed by atoms with Gasteiger partial charge in [-0.3, -0.25) is 9.59 Å². The van der Waals surface area contributed by atoms with Crippen LogP contribution in [0.25, 0.3) is 0 Å². The highest BCUT2D eigenvalue weighted by atomic mass is 32.2. The summed E-state index contributed by atoms with van der Waals surface area (Å²) in [7, 11) is -3.38. The fraction of sp³-hybridized carbons (Fsp3) is 0.333. The number of rotatable bonds is 7. The van der Waals surface area contributed by atoms with Gasteiger partial charge in [-0.15, -0.1) is 0 Å². The van der Waals surface area contributed by atoms with Crippen LogP contribution in [0.15, 0.2) is 53.4 Å². The molecule has 7 heteroatoms. The third kappa shape index (κ3) is 4.78. The average molecular weight is 403 g/mol. The number of carbonyl (C=O) groups excluding carboxylic acids is 2. The van der Waals surface area contributed by atoms with Crippen LogP contribution in [0.2, 0.25) is 0 Å². The minimum Gasteiger partial charge on any atom is -0.339 e. The maximum absolute atomic E-state index is 12.5. The van der Waals surface area contributed by atoms with Crippen LogP contribution in [-0.2, 0) is 9.84 Å². The highest BCUT2D eigenvalue weighted by Gasteiger charge is 2.19. The normalized spacial score (nSPS) is 11.3. The summed E-state index contributed by atoms with van der Waals surface area (Å²) in [5.74, 6) is -0.467. The van der Waals surface area contributed by atoms with Gasteiger partial charge in [0.05, 0.1) is 10.1 Å². The lowest BCUT2D eigenvalue weighted by Gasteiger charge is -2.19. The summed E-state index contributed by atoms with van der Waals surface area (Å²) in [6, 6.07) is 12.6. The Hall–Kier alpha value is -2.67. The second-order valence-corrected chi connectivity index (χ2v) is 9.13. The van der Waals surface area contributed by atoms with Gasteiger partial charge in [0.2, 0.25) is 0 Å². The zero-order chi connectivity index (χ0) is 20.9. The van der Waals surface area contributed by atoms with Gasteiger partial charge < -0.3 is 10.2 Å². The summed E-state index contributed by atoms with van der Waals surface area (Å²) in [4.78, 5) is 26.8. The molecule has 2 amide bonds. The summed E-state index contributed by atoms with van der Waals surface area (Å²) in [5, 5.41) is 2.22. The number of carbonyl (C=O) groups is 2. The van der Waals surface area contributed by atoms with E-state index in [1.165, 1.54) is 24.3 Å². The van der Waals surface area contributed by atoms with Crippen LogP contribution in [0.3, 0.4) is 0 Å². The van der Waals surface area contributed by atoms with Crippen LogP contribution in [0, 0.1) is 0 Å². The van der Waals surface area contributed by atoms with E-state index in [2.05, 4.69) is 5.32 Å². The van der Waals surface area contributed by atoms with Crippen molar-refractivity contribution in [2.24, 2.45) is 0 Å². The molecule has 0 aliphatic heterocycles. The van der Waals surface area contributed by atoms with Crippen LogP contribution < -0.4 is 5.32 Å². The van der Waals surface area contributed by atoms with E-state index in [9.17, 15) is 18.0 Å². The molecule has 0 fully saturated rings. The monoisotopic (exact) mass is 402 g/mol. The number of anilines is 1. The molecular weight excluding hydrogens is 376 g/mol. The first-order chi connectivity index (χ1) is 13.2. The van der Waals surface area contributed by atoms with E-state index < -0.39 is 15.1 Å². The first-order valence-corrected chi connectivity index (χ1v) is 10.8. The fourth-order valence-corrected chi connectivity index (χ4v) is 3.75. The number of benzene rings is 2. The van der Waals surface area contributed by atoms with Crippen LogP contribution in [0.1, 0.15) is 48.4 Å². The number of hydrogen-bond donors (Lipinski definition) is 1. The van der Waals surface area contributed by atoms with Crippen molar-refractivity contribution in [1.82, 2.24) is 4.90 Å². The van der Waals surface area contributed by atoms with Crippen LogP contribution in [0.5, 0.6) is 0 Å². The second kappa shape index (κ2) is 9.01. The third-order valence-corrected chi connectivity index (χ3v) is 6.65. The molecule has 0 radical (unpaired) electrons. The Bertz CT molecular complexity index is 947. The van der Waals surface area contributed by atoms with Gasteiger partial charge in [-0.05, 0) is 70.2 Å². The van der Waals surface area contributed by atoms with Gasteiger partial charge in [0, 0.05) is 29.9 Å². The molecule has 0 saturated carbocycles. The maximum atomic E-state index is 12.5. The molecule has 0 heterocycles. The highest BCUT2D eigenvalue weighted by Crippen LogP contribution is 2.18. The largest absolute Gasteiger partial charge is 0.339 e. The molecule has 28 heavy (non-hydrogen) atoms. The standard InChI is InChI=1S/C21H26N2O4S/c1-5-23(6-2)21(25)17-8-7-9-18(14-17)22-20(24)16-10-12-19(13-11-16)28(26,27)15(3)4/h7-15H,5-6H2,1-4H3,(H,22,24). The predicted molar refractivity (Wildman–Crippen MR) is 110 cm³/mol. The summed E-state index contributed by atoms with van der Waals surface area (Å²) in [6.07, 6.45) is 0. The summed E-state index contributed by atoms with van der Waals surface area (Å²) >= 11 is 0. The van der Waals surface area contributed by atoms with E-state index in [0.717, 1.165) is 0 Å². The number of sulfone groups is 1. The van der Waals surface area contributed by atoms with Gasteiger partial charge in [-0.1, -0.05) is 6.07 Å². The Kier molecular flexibility index (Phi) is 6.96. The summed E-state index contributed by atoms with van der Waals surface area (Å²) in [5.41, 5.74) is 1.34. The molecule has 2 aromatic carbocycles. The Morgan fingerprint density at radius 3 is 2.11 bits per heavy atom. The zero-order valence-corrected chi connectivity index (χ0v) is 17.4. The third-order valence-electron chi connectivity index (χ3n) is 4.48. The van der Waals surface area contributed by atoms with E-state index in [0.29, 0.717) is 29.9 Å². The predicted octanol–water partition coefficient (Wildman–Crippen LogP) is 3.60. The van der Waals surface area contributed by atoms with E-state index in [-0.39, 0.29) is 16.7 Å². The van der Waals surface area contributed by atoms with Crippen molar-refractivity contribution in [3.63, 3.8) is 0 Å². The Morgan fingerprint density at radius 1 is 0.964 bits per heavy atom. The van der Waals surface area contributed by atoms with Gasteiger partial charge in [0.15, 0.2) is 9.84 Å². The van der Waals surface area contributed by atoms with Crippen LogP contribution in [0.4, 0.5) is 5.69 Å². The maximum Gasteiger partial charge on any atom is 0.255 e. The zero-order valence-electron chi connectivity index (χ0n) is 16.6. The Labute approximate surface area is 166 Å². The molecule has 0 aliphatic carbocycles. The minimum atomic E-state index is -3.38. The van der Waals surface area contributed by atoms with E-state index in [1.807, 2.05) is 13.8 Å². The molecule has 0 saturated heterocycles. The van der Waals surface area contributed by atoms with Crippen molar-refractivity contribution in [3.05, 3.63) is 59.7 Å². The first kappa shape index (κ1) is 21.6. The molecule has 0 bridgehead atoms. The van der Waals surface area contributed by atoms with Crippen LogP contribution >= 0.6 is 0 Å². The topological polar surface area (TPSA) is 83.6 Å². The number of nitrogens with zero attached hydrogens (tertiary/aromatic N) is 1. The first-order valence-electron chi connectivity index (χ1n) is 9.25. The van der Waals surface area contributed by atoms with Gasteiger partial charge in [-0.25, -0.2) is 8.42 Å². The molecular formula is C21H26N2O4S. The summed E-state index contributed by atoms with van der Waals surface area (Å²) < 4.78 is 24.3. The molecule has 150 valence electrons. The fourth-order valence-electron chi connectivity index (χ4n) is 2.69. The highest BCUT2D eigenvalue weighted by molar-refractivity contribution is 7.92. The van der Waals surface area contributed by atoms with Crippen LogP contribution in [-0.4, -0.2) is 43.5 Å². The Balaban J connectivity index is 2.17. The lowest BCUT2D eigenvalue weighted by atomic mass is 10.1. The van der Waals surface area contributed by atoms with Gasteiger partial charge in [0.1, 0.15) is 0 Å². The molecule has 0 aliphatic rings. The molecule has 1 N–H and O–H groups in total. The number of amides is 2. The second-order valence-electron chi connectivity index (χ2n) is 6.63. The Morgan fingerprint density at radius 2 is 1.57 bits per heavy atom. The number of hydrogen-bond acceptors (Lipinski definition) is 4. The lowest BCUT2D eigenvalue weighted by molar-refractivity contribution is 0.0772. The van der Waals surface area contributed by atoms with E-state index in [4.69, 9.17) is 0 Å². The average Bonchev–Trinajstić information content (AvgIpc) is 2.69. The van der Waals surface area contributed by atoms with Crippen molar-refractivity contribution in [1.29, 1.82) is 0 Å². The molecule has 0 atom stereocenters. The molecule has 6 nitrogen and oxygen atoms in total. The molecule has 0 spiro atoms. The quantitative estimate of drug-likeness (QED) is 0.767. The van der Waals surface area contributed by atoms with Crippen molar-refractivity contribution >= 4 is 27.3 Å². The summed E-state index contributed by atoms with van der Waals surface area (Å²) in [6.45, 7) is 8.27. The van der Waals surface area contributed by atoms with Gasteiger partial charge in [0.25, 0.3) is 11.8 Å². The van der Waals surface area contributed by atoms with Gasteiger partial charge >= 0.3 is 0 Å². The molecule has 2 aromatic rings. The minimum absolute atomic E-state index is 0.0932. The molecule has 0 unspecified atom stereocenters. The van der Waals surface area contributed by atoms with Crippen molar-refractivity contribution in [2.75, 3.05) is 18.4 Å². The smallest absolute Gasteiger partial charge is 0.255 e. The van der Waals surface area contributed by atoms with Crippen molar-refractivity contribution in [3.8, 4) is 0 Å². The van der Waals surface area contributed by atoms with E-state index in [1.54, 1.807) is 43.0 Å². The van der Waals surface area contributed by atoms with Gasteiger partial charge in [-0.2, -0.15) is 0 Å². The lowest BCUT2D eigenvalue weighted by Crippen LogP contribution is -2.30. The van der Waals surface area contributed by atoms with E-state index >= 15 is 0 Å². The number of nitrogens with one attached hydrogen (secondary N) is 1. The SMILES string of the molecule is CCN(CC)C(=O)c1cccc(NC(=O)c2ccc(S(=O)(=O)C(C)C)cc2)c1. The van der Waals surface area contributed by atoms with Crippen molar-refractivity contribution < 1.29 is 18.0 Å². The molecule has 0 aromatic heterocycles. The van der Waals surface area contributed by atoms with Crippen molar-refractivity contribution in [2.45, 2.75) is 37.8 Å². The molecule has 2 rings (SSSR count).